The van der Waals surface area contributed by atoms with Crippen molar-refractivity contribution in [2.45, 2.75) is 38.1 Å². The molecule has 104 valence electrons. The molecule has 1 aromatic heterocycles. The van der Waals surface area contributed by atoms with E-state index in [0.29, 0.717) is 12.0 Å². The lowest BCUT2D eigenvalue weighted by Crippen LogP contribution is -2.33. The van der Waals surface area contributed by atoms with Crippen LogP contribution in [-0.4, -0.2) is 43.3 Å². The fraction of sp³-hybridized carbons (Fsp3) is 0.714. The van der Waals surface area contributed by atoms with Crippen LogP contribution in [0.2, 0.25) is 0 Å². The highest BCUT2D eigenvalue weighted by Crippen LogP contribution is 2.40. The molecule has 19 heavy (non-hydrogen) atoms. The first-order valence-corrected chi connectivity index (χ1v) is 7.07. The van der Waals surface area contributed by atoms with Crippen molar-refractivity contribution in [1.29, 1.82) is 0 Å². The Hall–Kier alpha value is -1.36. The highest BCUT2D eigenvalue weighted by molar-refractivity contribution is 5.59. The Morgan fingerprint density at radius 2 is 2.05 bits per heavy atom. The molecular formula is C14H22N4O. The van der Waals surface area contributed by atoms with Crippen LogP contribution in [0.4, 0.5) is 11.6 Å². The number of hydrogen-bond acceptors (Lipinski definition) is 5. The van der Waals surface area contributed by atoms with Gasteiger partial charge in [-0.3, -0.25) is 0 Å². The van der Waals surface area contributed by atoms with Crippen LogP contribution in [0.1, 0.15) is 36.6 Å². The van der Waals surface area contributed by atoms with Gasteiger partial charge in [0.15, 0.2) is 0 Å². The van der Waals surface area contributed by atoms with Crippen molar-refractivity contribution in [3.05, 3.63) is 11.4 Å². The minimum atomic E-state index is 0.436. The molecular weight excluding hydrogens is 240 g/mol. The zero-order valence-electron chi connectivity index (χ0n) is 11.9. The van der Waals surface area contributed by atoms with Gasteiger partial charge in [-0.1, -0.05) is 0 Å². The zero-order valence-corrected chi connectivity index (χ0v) is 11.9. The molecule has 2 aliphatic rings. The van der Waals surface area contributed by atoms with Crippen molar-refractivity contribution >= 4 is 11.6 Å². The molecule has 1 atom stereocenters. The lowest BCUT2D eigenvalue weighted by molar-refractivity contribution is 0.193. The van der Waals surface area contributed by atoms with Crippen molar-refractivity contribution in [3.8, 4) is 0 Å². The van der Waals surface area contributed by atoms with Gasteiger partial charge in [0.2, 0.25) is 0 Å². The summed E-state index contributed by atoms with van der Waals surface area (Å²) in [6, 6.07) is 0.436. The lowest BCUT2D eigenvalue weighted by atomic mass is 10.2. The molecule has 0 aromatic carbocycles. The maximum absolute atomic E-state index is 5.49. The van der Waals surface area contributed by atoms with Gasteiger partial charge >= 0.3 is 0 Å². The van der Waals surface area contributed by atoms with Gasteiger partial charge in [0.25, 0.3) is 0 Å². The van der Waals surface area contributed by atoms with E-state index in [0.717, 1.165) is 42.7 Å². The van der Waals surface area contributed by atoms with E-state index in [2.05, 4.69) is 29.2 Å². The molecule has 2 heterocycles. The third-order valence-corrected chi connectivity index (χ3v) is 4.10. The summed E-state index contributed by atoms with van der Waals surface area (Å²) in [5.74, 6) is 3.57. The van der Waals surface area contributed by atoms with E-state index in [9.17, 15) is 0 Å². The summed E-state index contributed by atoms with van der Waals surface area (Å²) in [7, 11) is 4.04. The Morgan fingerprint density at radius 1 is 1.26 bits per heavy atom. The van der Waals surface area contributed by atoms with Crippen molar-refractivity contribution < 1.29 is 4.74 Å². The number of rotatable bonds is 4. The second-order valence-corrected chi connectivity index (χ2v) is 5.53. The molecule has 1 unspecified atom stereocenters. The zero-order chi connectivity index (χ0) is 13.4. The minimum absolute atomic E-state index is 0.436. The second-order valence-electron chi connectivity index (χ2n) is 5.53. The van der Waals surface area contributed by atoms with Crippen LogP contribution in [0.5, 0.6) is 0 Å². The molecule has 1 aliphatic carbocycles. The molecule has 1 N–H and O–H groups in total. The molecule has 1 aliphatic heterocycles. The van der Waals surface area contributed by atoms with Gasteiger partial charge in [0.1, 0.15) is 17.5 Å². The fourth-order valence-corrected chi connectivity index (χ4v) is 2.63. The van der Waals surface area contributed by atoms with Crippen molar-refractivity contribution in [2.75, 3.05) is 37.5 Å². The van der Waals surface area contributed by atoms with E-state index in [1.165, 1.54) is 12.8 Å². The number of hydrogen-bond donors (Lipinski definition) is 1. The van der Waals surface area contributed by atoms with E-state index < -0.39 is 0 Å². The van der Waals surface area contributed by atoms with Crippen LogP contribution in [-0.2, 0) is 4.74 Å². The van der Waals surface area contributed by atoms with Crippen LogP contribution in [0, 0.1) is 6.92 Å². The molecule has 5 nitrogen and oxygen atoms in total. The van der Waals surface area contributed by atoms with Gasteiger partial charge in [-0.05, 0) is 26.2 Å². The number of ether oxygens (including phenoxy) is 1. The maximum Gasteiger partial charge on any atom is 0.137 e. The summed E-state index contributed by atoms with van der Waals surface area (Å²) in [6.07, 6.45) is 3.53. The van der Waals surface area contributed by atoms with Gasteiger partial charge < -0.3 is 15.0 Å². The summed E-state index contributed by atoms with van der Waals surface area (Å²) in [6.45, 7) is 3.74. The van der Waals surface area contributed by atoms with Gasteiger partial charge in [0.05, 0.1) is 12.6 Å². The first-order valence-electron chi connectivity index (χ1n) is 7.07. The molecule has 0 spiro atoms. The van der Waals surface area contributed by atoms with Gasteiger partial charge in [0, 0.05) is 32.2 Å². The summed E-state index contributed by atoms with van der Waals surface area (Å²) >= 11 is 0. The number of nitrogens with zero attached hydrogens (tertiary/aromatic N) is 3. The second kappa shape index (κ2) is 4.96. The Kier molecular flexibility index (Phi) is 3.31. The Bertz CT molecular complexity index is 467. The Morgan fingerprint density at radius 3 is 2.63 bits per heavy atom. The van der Waals surface area contributed by atoms with E-state index in [4.69, 9.17) is 9.72 Å². The molecule has 0 amide bonds. The fourth-order valence-electron chi connectivity index (χ4n) is 2.63. The third-order valence-electron chi connectivity index (χ3n) is 4.10. The number of anilines is 2. The highest BCUT2D eigenvalue weighted by Gasteiger charge is 2.30. The highest BCUT2D eigenvalue weighted by atomic mass is 16.5. The van der Waals surface area contributed by atoms with E-state index in [1.54, 1.807) is 0 Å². The van der Waals surface area contributed by atoms with Crippen molar-refractivity contribution in [2.24, 2.45) is 0 Å². The van der Waals surface area contributed by atoms with Gasteiger partial charge in [-0.15, -0.1) is 0 Å². The molecule has 2 fully saturated rings. The monoisotopic (exact) mass is 262 g/mol. The molecule has 1 saturated carbocycles. The summed E-state index contributed by atoms with van der Waals surface area (Å²) in [5, 5.41) is 3.20. The lowest BCUT2D eigenvalue weighted by Gasteiger charge is -2.27. The molecule has 0 radical (unpaired) electrons. The quantitative estimate of drug-likeness (QED) is 0.898. The Labute approximate surface area is 114 Å². The van der Waals surface area contributed by atoms with Crippen LogP contribution in [0.25, 0.3) is 0 Å². The third kappa shape index (κ3) is 2.39. The largest absolute Gasteiger partial charge is 0.379 e. The van der Waals surface area contributed by atoms with E-state index >= 15 is 0 Å². The van der Waals surface area contributed by atoms with Gasteiger partial charge in [-0.2, -0.15) is 0 Å². The standard InChI is InChI=1S/C14H22N4O/c1-9-12(15-2)16-13(10-4-5-10)17-14(9)18(3)11-6-7-19-8-11/h10-11H,4-8H2,1-3H3,(H,15,16,17). The number of aromatic nitrogens is 2. The smallest absolute Gasteiger partial charge is 0.137 e. The number of nitrogens with one attached hydrogen (secondary N) is 1. The first kappa shape index (κ1) is 12.7. The predicted molar refractivity (Wildman–Crippen MR) is 75.9 cm³/mol. The molecule has 5 heteroatoms. The normalized spacial score (nSPS) is 22.6. The molecule has 3 rings (SSSR count). The van der Waals surface area contributed by atoms with E-state index in [-0.39, 0.29) is 0 Å². The average Bonchev–Trinajstić information content (AvgIpc) is 3.13. The maximum atomic E-state index is 5.49. The van der Waals surface area contributed by atoms with Crippen LogP contribution in [0.15, 0.2) is 0 Å². The summed E-state index contributed by atoms with van der Waals surface area (Å²) in [5.41, 5.74) is 1.13. The topological polar surface area (TPSA) is 50.3 Å². The van der Waals surface area contributed by atoms with Gasteiger partial charge in [-0.25, -0.2) is 9.97 Å². The van der Waals surface area contributed by atoms with Crippen LogP contribution in [0.3, 0.4) is 0 Å². The molecule has 0 bridgehead atoms. The summed E-state index contributed by atoms with van der Waals surface area (Å²) in [4.78, 5) is 11.7. The Balaban J connectivity index is 1.95. The SMILES string of the molecule is CNc1nc(C2CC2)nc(N(C)C2CCOC2)c1C. The number of likely N-dealkylation sites (N-methyl/N-ethyl adjacent to an activating group) is 1. The molecule has 1 aromatic rings. The van der Waals surface area contributed by atoms with E-state index in [1.807, 2.05) is 7.05 Å². The van der Waals surface area contributed by atoms with Crippen LogP contribution < -0.4 is 10.2 Å². The molecule has 1 saturated heterocycles. The predicted octanol–water partition coefficient (Wildman–Crippen LogP) is 1.93. The van der Waals surface area contributed by atoms with Crippen LogP contribution >= 0.6 is 0 Å². The minimum Gasteiger partial charge on any atom is -0.379 e. The van der Waals surface area contributed by atoms with Crippen molar-refractivity contribution in [3.63, 3.8) is 0 Å². The average molecular weight is 262 g/mol. The first-order chi connectivity index (χ1) is 9.20. The summed E-state index contributed by atoms with van der Waals surface area (Å²) < 4.78 is 5.49. The van der Waals surface area contributed by atoms with Crippen molar-refractivity contribution in [1.82, 2.24) is 9.97 Å².